The molecule has 0 saturated carbocycles. The predicted octanol–water partition coefficient (Wildman–Crippen LogP) is 3.92. The number of carbonyl (C=O) groups excluding carboxylic acids is 1. The Balaban J connectivity index is 1.93. The monoisotopic (exact) mass is 384 g/mol. The minimum Gasteiger partial charge on any atom is -0.383 e. The van der Waals surface area contributed by atoms with Crippen LogP contribution in [0.5, 0.6) is 0 Å². The molecule has 1 heterocycles. The van der Waals surface area contributed by atoms with Gasteiger partial charge in [-0.25, -0.2) is 9.97 Å². The highest BCUT2D eigenvalue weighted by atomic mass is 16.1. The van der Waals surface area contributed by atoms with Crippen molar-refractivity contribution in [3.05, 3.63) is 78.6 Å². The van der Waals surface area contributed by atoms with Crippen LogP contribution >= 0.6 is 0 Å². The first-order valence-corrected chi connectivity index (χ1v) is 8.92. The van der Waals surface area contributed by atoms with E-state index in [0.29, 0.717) is 22.9 Å². The zero-order valence-corrected chi connectivity index (χ0v) is 15.9. The second-order valence-corrected chi connectivity index (χ2v) is 6.38. The lowest BCUT2D eigenvalue weighted by molar-refractivity contribution is -0.112. The van der Waals surface area contributed by atoms with Gasteiger partial charge in [-0.1, -0.05) is 49.0 Å². The van der Waals surface area contributed by atoms with Crippen molar-refractivity contribution in [2.24, 2.45) is 0 Å². The lowest BCUT2D eigenvalue weighted by Crippen LogP contribution is -2.13. The minimum atomic E-state index is -0.557. The quantitative estimate of drug-likeness (QED) is 0.438. The number of rotatable bonds is 6. The van der Waals surface area contributed by atoms with Gasteiger partial charge >= 0.3 is 0 Å². The fraction of sp³-hybridized carbons (Fsp3) is 0.0909. The summed E-state index contributed by atoms with van der Waals surface area (Å²) in [5.74, 6) is 0.337. The van der Waals surface area contributed by atoms with E-state index in [9.17, 15) is 4.79 Å². The molecule has 7 nitrogen and oxygen atoms in total. The highest BCUT2D eigenvalue weighted by Gasteiger charge is 2.16. The lowest BCUT2D eigenvalue weighted by atomic mass is 10.0. The Kier molecular flexibility index (Phi) is 5.85. The number of nitrogen functional groups attached to an aromatic ring is 1. The molecule has 0 fully saturated rings. The van der Waals surface area contributed by atoms with E-state index in [4.69, 9.17) is 11.0 Å². The molecular weight excluding hydrogens is 364 g/mol. The van der Waals surface area contributed by atoms with Gasteiger partial charge in [0.05, 0.1) is 5.56 Å². The van der Waals surface area contributed by atoms with Gasteiger partial charge in [0.25, 0.3) is 5.91 Å². The number of aromatic nitrogens is 2. The van der Waals surface area contributed by atoms with E-state index in [1.54, 1.807) is 24.3 Å². The highest BCUT2D eigenvalue weighted by Crippen LogP contribution is 2.33. The Morgan fingerprint density at radius 1 is 1.17 bits per heavy atom. The van der Waals surface area contributed by atoms with Gasteiger partial charge in [0.1, 0.15) is 29.6 Å². The molecule has 2 aromatic carbocycles. The van der Waals surface area contributed by atoms with Crippen molar-refractivity contribution < 1.29 is 4.79 Å². The zero-order valence-electron chi connectivity index (χ0n) is 15.9. The van der Waals surface area contributed by atoms with Crippen molar-refractivity contribution in [1.29, 1.82) is 5.26 Å². The van der Waals surface area contributed by atoms with Gasteiger partial charge in [-0.05, 0) is 30.2 Å². The zero-order chi connectivity index (χ0) is 20.8. The number of hydrogen-bond acceptors (Lipinski definition) is 6. The van der Waals surface area contributed by atoms with Crippen molar-refractivity contribution in [3.63, 3.8) is 0 Å². The number of nitrogens with one attached hydrogen (secondary N) is 2. The molecule has 4 N–H and O–H groups in total. The van der Waals surface area contributed by atoms with Crippen LogP contribution in [0.3, 0.4) is 0 Å². The first-order chi connectivity index (χ1) is 14.0. The molecule has 0 spiro atoms. The molecule has 0 radical (unpaired) electrons. The summed E-state index contributed by atoms with van der Waals surface area (Å²) in [4.78, 5) is 20.4. The average Bonchev–Trinajstić information content (AvgIpc) is 2.74. The van der Waals surface area contributed by atoms with Crippen LogP contribution < -0.4 is 16.4 Å². The minimum absolute atomic E-state index is 0.00825. The van der Waals surface area contributed by atoms with Crippen molar-refractivity contribution >= 4 is 23.2 Å². The number of hydrogen-bond donors (Lipinski definition) is 3. The molecule has 3 rings (SSSR count). The van der Waals surface area contributed by atoms with Crippen molar-refractivity contribution in [2.75, 3.05) is 16.4 Å². The number of benzene rings is 2. The van der Waals surface area contributed by atoms with Crippen LogP contribution in [0.15, 0.2) is 73.1 Å². The molecule has 0 aliphatic carbocycles. The van der Waals surface area contributed by atoms with E-state index in [2.05, 4.69) is 27.2 Å². The summed E-state index contributed by atoms with van der Waals surface area (Å²) in [7, 11) is 0. The van der Waals surface area contributed by atoms with Crippen molar-refractivity contribution in [1.82, 2.24) is 9.97 Å². The van der Waals surface area contributed by atoms with Gasteiger partial charge in [-0.3, -0.25) is 4.79 Å². The third-order valence-corrected chi connectivity index (χ3v) is 4.35. The molecule has 1 aromatic heterocycles. The molecule has 0 aliphatic rings. The Morgan fingerprint density at radius 2 is 1.93 bits per heavy atom. The summed E-state index contributed by atoms with van der Waals surface area (Å²) in [5.41, 5.74) is 8.95. The van der Waals surface area contributed by atoms with E-state index in [1.807, 2.05) is 43.3 Å². The van der Waals surface area contributed by atoms with Gasteiger partial charge in [0.15, 0.2) is 0 Å². The number of nitrogens with two attached hydrogens (primary N) is 1. The molecular formula is C22H20N6O. The number of anilines is 3. The first kappa shape index (κ1) is 19.6. The number of carbonyl (C=O) groups is 1. The average molecular weight is 384 g/mol. The smallest absolute Gasteiger partial charge is 0.265 e. The number of nitriles is 1. The van der Waals surface area contributed by atoms with Crippen LogP contribution in [-0.4, -0.2) is 15.9 Å². The fourth-order valence-corrected chi connectivity index (χ4v) is 2.83. The van der Waals surface area contributed by atoms with Crippen molar-refractivity contribution in [2.45, 2.75) is 13.0 Å². The van der Waals surface area contributed by atoms with Crippen LogP contribution in [0.4, 0.5) is 17.3 Å². The van der Waals surface area contributed by atoms with E-state index in [1.165, 1.54) is 6.33 Å². The maximum Gasteiger partial charge on any atom is 0.265 e. The van der Waals surface area contributed by atoms with Gasteiger partial charge in [0, 0.05) is 11.7 Å². The third-order valence-electron chi connectivity index (χ3n) is 4.35. The normalized spacial score (nSPS) is 11.2. The second-order valence-electron chi connectivity index (χ2n) is 6.38. The highest BCUT2D eigenvalue weighted by molar-refractivity contribution is 6.06. The lowest BCUT2D eigenvalue weighted by Gasteiger charge is -2.18. The maximum absolute atomic E-state index is 11.9. The predicted molar refractivity (Wildman–Crippen MR) is 114 cm³/mol. The fourth-order valence-electron chi connectivity index (χ4n) is 2.83. The summed E-state index contributed by atoms with van der Waals surface area (Å²) in [5, 5.41) is 14.8. The van der Waals surface area contributed by atoms with Crippen molar-refractivity contribution in [3.8, 4) is 17.2 Å². The molecule has 1 atom stereocenters. The Labute approximate surface area is 168 Å². The van der Waals surface area contributed by atoms with E-state index >= 15 is 0 Å². The maximum atomic E-state index is 11.9. The molecule has 1 amide bonds. The van der Waals surface area contributed by atoms with Crippen LogP contribution in [-0.2, 0) is 4.79 Å². The van der Waals surface area contributed by atoms with Crippen LogP contribution in [0.25, 0.3) is 11.1 Å². The second kappa shape index (κ2) is 8.67. The number of nitrogens with zero attached hydrogens (tertiary/aromatic N) is 3. The summed E-state index contributed by atoms with van der Waals surface area (Å²) in [6.45, 7) is 5.45. The van der Waals surface area contributed by atoms with E-state index < -0.39 is 5.91 Å². The topological polar surface area (TPSA) is 117 Å². The largest absolute Gasteiger partial charge is 0.383 e. The SMILES string of the molecule is C=C(C#N)C(=O)Nc1cccc(-c2c(N)ncnc2N[C@H](C)c2ccccc2)c1. The van der Waals surface area contributed by atoms with E-state index in [0.717, 1.165) is 11.1 Å². The van der Waals surface area contributed by atoms with Gasteiger partial charge in [-0.15, -0.1) is 0 Å². The third kappa shape index (κ3) is 4.57. The van der Waals surface area contributed by atoms with E-state index in [-0.39, 0.29) is 11.6 Å². The summed E-state index contributed by atoms with van der Waals surface area (Å²) in [6.07, 6.45) is 1.40. The molecule has 0 aliphatic heterocycles. The Hall–Kier alpha value is -4.18. The summed E-state index contributed by atoms with van der Waals surface area (Å²) < 4.78 is 0. The Morgan fingerprint density at radius 3 is 2.66 bits per heavy atom. The van der Waals surface area contributed by atoms with Gasteiger partial charge in [-0.2, -0.15) is 5.26 Å². The molecule has 144 valence electrons. The van der Waals surface area contributed by atoms with Crippen LogP contribution in [0.2, 0.25) is 0 Å². The Bertz CT molecular complexity index is 1090. The summed E-state index contributed by atoms with van der Waals surface area (Å²) in [6, 6.07) is 18.8. The molecule has 3 aromatic rings. The van der Waals surface area contributed by atoms with Gasteiger partial charge < -0.3 is 16.4 Å². The first-order valence-electron chi connectivity index (χ1n) is 8.92. The van der Waals surface area contributed by atoms with Gasteiger partial charge in [0.2, 0.25) is 0 Å². The molecule has 7 heteroatoms. The molecule has 0 unspecified atom stereocenters. The van der Waals surface area contributed by atoms with Crippen LogP contribution in [0, 0.1) is 11.3 Å². The molecule has 0 bridgehead atoms. The summed E-state index contributed by atoms with van der Waals surface area (Å²) >= 11 is 0. The molecule has 0 saturated heterocycles. The standard InChI is InChI=1S/C22H20N6O/c1-14(12-23)22(29)28-18-10-6-9-17(11-18)19-20(24)25-13-26-21(19)27-15(2)16-7-4-3-5-8-16/h3-11,13,15H,1H2,2H3,(H,28,29)(H3,24,25,26,27)/t15-/m1/s1. The van der Waals surface area contributed by atoms with Crippen LogP contribution in [0.1, 0.15) is 18.5 Å². The number of amides is 1. The molecule has 29 heavy (non-hydrogen) atoms.